The maximum atomic E-state index is 13.1. The minimum Gasteiger partial charge on any atom is -0.395 e. The SMILES string of the molecule is O=C(Nc1ccc2c(c1)OC(F)(F)O2)N1CCN(S(=O)(=O)N2CCOCC2)CC1. The highest BCUT2D eigenvalue weighted by molar-refractivity contribution is 7.86. The number of benzene rings is 1. The lowest BCUT2D eigenvalue weighted by Gasteiger charge is -2.37. The molecule has 0 radical (unpaired) electrons. The predicted molar refractivity (Wildman–Crippen MR) is 96.1 cm³/mol. The van der Waals surface area contributed by atoms with E-state index in [9.17, 15) is 22.0 Å². The first-order valence-electron chi connectivity index (χ1n) is 9.03. The number of halogens is 2. The second-order valence-electron chi connectivity index (χ2n) is 6.66. The highest BCUT2D eigenvalue weighted by atomic mass is 32.2. The van der Waals surface area contributed by atoms with Gasteiger partial charge in [-0.25, -0.2) is 4.79 Å². The van der Waals surface area contributed by atoms with Crippen LogP contribution < -0.4 is 14.8 Å². The second-order valence-corrected chi connectivity index (χ2v) is 8.59. The number of hydrogen-bond acceptors (Lipinski definition) is 6. The number of piperazine rings is 1. The first kappa shape index (κ1) is 20.1. The summed E-state index contributed by atoms with van der Waals surface area (Å²) < 4.78 is 68.1. The molecule has 2 amide bonds. The molecule has 0 saturated carbocycles. The van der Waals surface area contributed by atoms with Crippen molar-refractivity contribution in [2.75, 3.05) is 57.8 Å². The van der Waals surface area contributed by atoms with Gasteiger partial charge in [0.25, 0.3) is 10.2 Å². The zero-order valence-corrected chi connectivity index (χ0v) is 16.2. The van der Waals surface area contributed by atoms with E-state index in [1.54, 1.807) is 0 Å². The van der Waals surface area contributed by atoms with Gasteiger partial charge in [-0.1, -0.05) is 0 Å². The summed E-state index contributed by atoms with van der Waals surface area (Å²) in [6, 6.07) is 3.48. The first-order valence-corrected chi connectivity index (χ1v) is 10.4. The Morgan fingerprint density at radius 3 is 2.28 bits per heavy atom. The molecule has 2 saturated heterocycles. The largest absolute Gasteiger partial charge is 0.586 e. The van der Waals surface area contributed by atoms with Gasteiger partial charge in [0.15, 0.2) is 11.5 Å². The Hall–Kier alpha value is -2.22. The molecule has 1 aromatic carbocycles. The van der Waals surface area contributed by atoms with Crippen LogP contribution in [0.5, 0.6) is 11.5 Å². The summed E-state index contributed by atoms with van der Waals surface area (Å²) in [5, 5.41) is 2.60. The standard InChI is InChI=1S/C16H20F2N4O6S/c17-16(18)27-13-2-1-12(11-14(13)28-16)19-15(23)20-3-5-21(6-4-20)29(24,25)22-7-9-26-10-8-22/h1-2,11H,3-10H2,(H,19,23). The molecular weight excluding hydrogens is 414 g/mol. The van der Waals surface area contributed by atoms with Gasteiger partial charge in [-0.15, -0.1) is 8.78 Å². The fraction of sp³-hybridized carbons (Fsp3) is 0.562. The van der Waals surface area contributed by atoms with Crippen molar-refractivity contribution in [1.82, 2.24) is 13.5 Å². The Kier molecular flexibility index (Phi) is 5.23. The van der Waals surface area contributed by atoms with Gasteiger partial charge in [-0.05, 0) is 12.1 Å². The Balaban J connectivity index is 1.33. The van der Waals surface area contributed by atoms with Gasteiger partial charge in [-0.3, -0.25) is 0 Å². The highest BCUT2D eigenvalue weighted by Gasteiger charge is 2.43. The zero-order valence-electron chi connectivity index (χ0n) is 15.3. The average molecular weight is 434 g/mol. The van der Waals surface area contributed by atoms with E-state index in [0.29, 0.717) is 26.3 Å². The summed E-state index contributed by atoms with van der Waals surface area (Å²) in [7, 11) is -3.58. The normalized spacial score (nSPS) is 22.5. The molecule has 29 heavy (non-hydrogen) atoms. The summed E-state index contributed by atoms with van der Waals surface area (Å²) in [6.45, 7) is 2.10. The van der Waals surface area contributed by atoms with Crippen LogP contribution in [0.4, 0.5) is 19.3 Å². The maximum absolute atomic E-state index is 13.1. The molecule has 0 bridgehead atoms. The van der Waals surface area contributed by atoms with Crippen LogP contribution in [0, 0.1) is 0 Å². The fourth-order valence-electron chi connectivity index (χ4n) is 3.29. The minimum atomic E-state index is -3.73. The molecule has 3 heterocycles. The van der Waals surface area contributed by atoms with Crippen molar-refractivity contribution in [3.8, 4) is 11.5 Å². The predicted octanol–water partition coefficient (Wildman–Crippen LogP) is 0.735. The quantitative estimate of drug-likeness (QED) is 0.753. The van der Waals surface area contributed by atoms with E-state index in [2.05, 4.69) is 14.8 Å². The number of fused-ring (bicyclic) bond motifs is 1. The topological polar surface area (TPSA) is 101 Å². The van der Waals surface area contributed by atoms with Crippen LogP contribution in [0.1, 0.15) is 0 Å². The molecule has 0 atom stereocenters. The van der Waals surface area contributed by atoms with E-state index in [0.717, 1.165) is 0 Å². The molecule has 1 aromatic rings. The molecule has 0 unspecified atom stereocenters. The van der Waals surface area contributed by atoms with Crippen LogP contribution in [0.15, 0.2) is 18.2 Å². The van der Waals surface area contributed by atoms with Crippen molar-refractivity contribution in [1.29, 1.82) is 0 Å². The second kappa shape index (κ2) is 7.55. The zero-order chi connectivity index (χ0) is 20.6. The van der Waals surface area contributed by atoms with Crippen LogP contribution in [0.25, 0.3) is 0 Å². The smallest absolute Gasteiger partial charge is 0.395 e. The van der Waals surface area contributed by atoms with Gasteiger partial charge in [-0.2, -0.15) is 17.0 Å². The highest BCUT2D eigenvalue weighted by Crippen LogP contribution is 2.42. The minimum absolute atomic E-state index is 0.116. The molecular formula is C16H20F2N4O6S. The number of ether oxygens (including phenoxy) is 3. The number of carbonyl (C=O) groups excluding carboxylic acids is 1. The van der Waals surface area contributed by atoms with Crippen LogP contribution in [-0.2, 0) is 14.9 Å². The third-order valence-electron chi connectivity index (χ3n) is 4.80. The average Bonchev–Trinajstić information content (AvgIpc) is 3.02. The molecule has 3 aliphatic rings. The Morgan fingerprint density at radius 2 is 1.59 bits per heavy atom. The van der Waals surface area contributed by atoms with Gasteiger partial charge in [0, 0.05) is 51.0 Å². The molecule has 1 N–H and O–H groups in total. The number of hydrogen-bond donors (Lipinski definition) is 1. The summed E-state index contributed by atoms with van der Waals surface area (Å²) >= 11 is 0. The van der Waals surface area contributed by atoms with Crippen molar-refractivity contribution >= 4 is 21.9 Å². The number of nitrogens with one attached hydrogen (secondary N) is 1. The Bertz CT molecular complexity index is 885. The van der Waals surface area contributed by atoms with E-state index in [1.165, 1.54) is 31.7 Å². The molecule has 2 fully saturated rings. The summed E-state index contributed by atoms with van der Waals surface area (Å²) in [4.78, 5) is 13.9. The van der Waals surface area contributed by atoms with E-state index >= 15 is 0 Å². The molecule has 10 nitrogen and oxygen atoms in total. The summed E-state index contributed by atoms with van der Waals surface area (Å²) in [5.41, 5.74) is 0.262. The van der Waals surface area contributed by atoms with E-state index in [-0.39, 0.29) is 43.4 Å². The summed E-state index contributed by atoms with van der Waals surface area (Å²) in [6.07, 6.45) is -3.73. The Morgan fingerprint density at radius 1 is 0.966 bits per heavy atom. The molecule has 4 rings (SSSR count). The van der Waals surface area contributed by atoms with Crippen molar-refractivity contribution < 1.29 is 36.2 Å². The number of urea groups is 1. The molecule has 3 aliphatic heterocycles. The Labute approximate surface area is 166 Å². The lowest BCUT2D eigenvalue weighted by Crippen LogP contribution is -2.56. The van der Waals surface area contributed by atoms with E-state index in [1.807, 2.05) is 0 Å². The molecule has 0 aliphatic carbocycles. The maximum Gasteiger partial charge on any atom is 0.586 e. The lowest BCUT2D eigenvalue weighted by atomic mass is 10.3. The lowest BCUT2D eigenvalue weighted by molar-refractivity contribution is -0.286. The summed E-state index contributed by atoms with van der Waals surface area (Å²) in [5.74, 6) is -0.288. The van der Waals surface area contributed by atoms with Crippen LogP contribution in [0.3, 0.4) is 0 Å². The number of nitrogens with zero attached hydrogens (tertiary/aromatic N) is 3. The van der Waals surface area contributed by atoms with Crippen molar-refractivity contribution in [2.45, 2.75) is 6.29 Å². The number of carbonyl (C=O) groups is 1. The van der Waals surface area contributed by atoms with Crippen molar-refractivity contribution in [3.05, 3.63) is 18.2 Å². The van der Waals surface area contributed by atoms with Crippen LogP contribution >= 0.6 is 0 Å². The van der Waals surface area contributed by atoms with Gasteiger partial charge < -0.3 is 24.4 Å². The number of rotatable bonds is 3. The number of morpholine rings is 1. The number of anilines is 1. The monoisotopic (exact) mass is 434 g/mol. The molecule has 160 valence electrons. The van der Waals surface area contributed by atoms with Crippen molar-refractivity contribution in [3.63, 3.8) is 0 Å². The number of amides is 2. The van der Waals surface area contributed by atoms with Gasteiger partial charge >= 0.3 is 12.3 Å². The van der Waals surface area contributed by atoms with Crippen LogP contribution in [0.2, 0.25) is 0 Å². The third kappa shape index (κ3) is 4.22. The molecule has 0 aromatic heterocycles. The van der Waals surface area contributed by atoms with Gasteiger partial charge in [0.2, 0.25) is 0 Å². The van der Waals surface area contributed by atoms with Gasteiger partial charge in [0.05, 0.1) is 13.2 Å². The fourth-order valence-corrected chi connectivity index (χ4v) is 4.85. The molecule has 0 spiro atoms. The third-order valence-corrected chi connectivity index (χ3v) is 6.84. The molecule has 13 heteroatoms. The van der Waals surface area contributed by atoms with Gasteiger partial charge in [0.1, 0.15) is 0 Å². The van der Waals surface area contributed by atoms with E-state index in [4.69, 9.17) is 4.74 Å². The number of alkyl halides is 2. The van der Waals surface area contributed by atoms with Crippen LogP contribution in [-0.4, -0.2) is 86.7 Å². The van der Waals surface area contributed by atoms with Crippen molar-refractivity contribution in [2.24, 2.45) is 0 Å². The first-order chi connectivity index (χ1) is 13.7. The van der Waals surface area contributed by atoms with E-state index < -0.39 is 22.5 Å².